The smallest absolute Gasteiger partial charge is 0.469 e. The summed E-state index contributed by atoms with van der Waals surface area (Å²) in [4.78, 5) is 22.1. The van der Waals surface area contributed by atoms with Crippen molar-refractivity contribution in [2.24, 2.45) is 0 Å². The molecule has 0 aromatic heterocycles. The average molecular weight is 293 g/mol. The molecule has 1 amide bonds. The Kier molecular flexibility index (Phi) is 5.06. The lowest BCUT2D eigenvalue weighted by atomic mass is 10.0. The summed E-state index contributed by atoms with van der Waals surface area (Å²) < 4.78 is 54.5. The molecule has 4 nitrogen and oxygen atoms in total. The maximum Gasteiger partial charge on any atom is 0.471 e. The van der Waals surface area contributed by atoms with E-state index in [1.54, 1.807) is 5.32 Å². The summed E-state index contributed by atoms with van der Waals surface area (Å²) in [6, 6.07) is 3.44. The van der Waals surface area contributed by atoms with E-state index in [0.717, 1.165) is 13.2 Å². The first-order valence-corrected chi connectivity index (χ1v) is 5.44. The molecule has 0 fully saturated rings. The molecule has 0 spiro atoms. The molecule has 0 heterocycles. The molecule has 0 aliphatic carbocycles. The van der Waals surface area contributed by atoms with Crippen LogP contribution in [0.4, 0.5) is 17.6 Å². The molecular weight excluding hydrogens is 282 g/mol. The molecule has 1 aromatic carbocycles. The van der Waals surface area contributed by atoms with Gasteiger partial charge in [-0.25, -0.2) is 4.39 Å². The van der Waals surface area contributed by atoms with E-state index in [-0.39, 0.29) is 5.56 Å². The number of ether oxygens (including phenoxy) is 1. The molecule has 0 aliphatic heterocycles. The van der Waals surface area contributed by atoms with Crippen molar-refractivity contribution >= 4 is 11.9 Å². The minimum absolute atomic E-state index is 0.226. The van der Waals surface area contributed by atoms with Gasteiger partial charge in [-0.15, -0.1) is 0 Å². The average Bonchev–Trinajstić information content (AvgIpc) is 2.37. The third-order valence-corrected chi connectivity index (χ3v) is 2.44. The van der Waals surface area contributed by atoms with Crippen LogP contribution in [0.1, 0.15) is 18.0 Å². The number of amides is 1. The Labute approximate surface area is 111 Å². The number of alkyl halides is 3. The number of methoxy groups -OCH3 is 1. The quantitative estimate of drug-likeness (QED) is 0.683. The van der Waals surface area contributed by atoms with E-state index >= 15 is 0 Å². The van der Waals surface area contributed by atoms with Crippen LogP contribution in [-0.2, 0) is 14.3 Å². The number of nitrogens with one attached hydrogen (secondary N) is 1. The van der Waals surface area contributed by atoms with Gasteiger partial charge < -0.3 is 10.1 Å². The van der Waals surface area contributed by atoms with Gasteiger partial charge in [0.05, 0.1) is 19.6 Å². The van der Waals surface area contributed by atoms with E-state index in [9.17, 15) is 27.2 Å². The second-order valence-corrected chi connectivity index (χ2v) is 3.83. The fourth-order valence-electron chi connectivity index (χ4n) is 1.49. The van der Waals surface area contributed by atoms with Crippen LogP contribution in [-0.4, -0.2) is 25.2 Å². The van der Waals surface area contributed by atoms with E-state index in [0.29, 0.717) is 0 Å². The molecule has 0 bridgehead atoms. The number of esters is 1. The number of hydrogen-bond acceptors (Lipinski definition) is 3. The lowest BCUT2D eigenvalue weighted by Crippen LogP contribution is -2.40. The predicted octanol–water partition coefficient (Wildman–Crippen LogP) is 2.11. The molecule has 1 atom stereocenters. The van der Waals surface area contributed by atoms with E-state index in [2.05, 4.69) is 4.74 Å². The molecule has 110 valence electrons. The van der Waals surface area contributed by atoms with Crippen LogP contribution in [0.5, 0.6) is 0 Å². The van der Waals surface area contributed by atoms with Gasteiger partial charge >= 0.3 is 18.1 Å². The zero-order valence-electron chi connectivity index (χ0n) is 10.3. The van der Waals surface area contributed by atoms with Crippen molar-refractivity contribution in [1.29, 1.82) is 0 Å². The molecule has 0 aliphatic rings. The van der Waals surface area contributed by atoms with Crippen molar-refractivity contribution < 1.29 is 31.9 Å². The van der Waals surface area contributed by atoms with Crippen molar-refractivity contribution in [3.63, 3.8) is 0 Å². The Bertz CT molecular complexity index is 502. The first-order chi connectivity index (χ1) is 9.25. The van der Waals surface area contributed by atoms with Crippen LogP contribution in [0.25, 0.3) is 0 Å². The van der Waals surface area contributed by atoms with E-state index in [4.69, 9.17) is 0 Å². The maximum absolute atomic E-state index is 13.6. The Morgan fingerprint density at radius 2 is 1.90 bits per heavy atom. The highest BCUT2D eigenvalue weighted by Crippen LogP contribution is 2.23. The summed E-state index contributed by atoms with van der Waals surface area (Å²) in [6.07, 6.45) is -5.74. The van der Waals surface area contributed by atoms with E-state index in [1.165, 1.54) is 18.2 Å². The highest BCUT2D eigenvalue weighted by atomic mass is 19.4. The fourth-order valence-corrected chi connectivity index (χ4v) is 1.49. The van der Waals surface area contributed by atoms with Crippen LogP contribution in [0.15, 0.2) is 24.3 Å². The zero-order chi connectivity index (χ0) is 15.3. The summed E-state index contributed by atoms with van der Waals surface area (Å²) in [5, 5.41) is 1.57. The predicted molar refractivity (Wildman–Crippen MR) is 60.0 cm³/mol. The molecule has 0 unspecified atom stereocenters. The number of halogens is 4. The number of hydrogen-bond donors (Lipinski definition) is 1. The minimum atomic E-state index is -5.13. The van der Waals surface area contributed by atoms with E-state index < -0.39 is 36.3 Å². The molecule has 0 radical (unpaired) electrons. The maximum atomic E-state index is 13.6. The summed E-state index contributed by atoms with van der Waals surface area (Å²) in [5.41, 5.74) is -0.226. The molecule has 0 saturated carbocycles. The van der Waals surface area contributed by atoms with Crippen LogP contribution in [0.2, 0.25) is 0 Å². The lowest BCUT2D eigenvalue weighted by Gasteiger charge is -2.19. The van der Waals surface area contributed by atoms with E-state index in [1.807, 2.05) is 0 Å². The molecule has 1 aromatic rings. The second kappa shape index (κ2) is 6.36. The topological polar surface area (TPSA) is 55.4 Å². The largest absolute Gasteiger partial charge is 0.471 e. The molecular formula is C12H11F4NO3. The Hall–Kier alpha value is -2.12. The zero-order valence-corrected chi connectivity index (χ0v) is 10.3. The summed E-state index contributed by atoms with van der Waals surface area (Å²) >= 11 is 0. The van der Waals surface area contributed by atoms with Crippen molar-refractivity contribution in [3.05, 3.63) is 35.6 Å². The minimum Gasteiger partial charge on any atom is -0.469 e. The van der Waals surface area contributed by atoms with Gasteiger partial charge in [0.25, 0.3) is 0 Å². The number of benzene rings is 1. The standard InChI is InChI=1S/C12H11F4NO3/c1-20-10(18)6-9(17-11(19)12(14,15)16)7-4-2-3-5-8(7)13/h2-5,9H,6H2,1H3,(H,17,19)/t9-/m1/s1. The highest BCUT2D eigenvalue weighted by Gasteiger charge is 2.40. The van der Waals surface area contributed by atoms with Gasteiger partial charge in [-0.1, -0.05) is 18.2 Å². The summed E-state index contributed by atoms with van der Waals surface area (Å²) in [5.74, 6) is -3.96. The van der Waals surface area contributed by atoms with Gasteiger partial charge in [-0.2, -0.15) is 13.2 Å². The monoisotopic (exact) mass is 293 g/mol. The summed E-state index contributed by atoms with van der Waals surface area (Å²) in [6.45, 7) is 0. The number of carbonyl (C=O) groups is 2. The second-order valence-electron chi connectivity index (χ2n) is 3.83. The summed E-state index contributed by atoms with van der Waals surface area (Å²) in [7, 11) is 1.03. The van der Waals surface area contributed by atoms with Crippen LogP contribution >= 0.6 is 0 Å². The van der Waals surface area contributed by atoms with Crippen molar-refractivity contribution in [3.8, 4) is 0 Å². The fraction of sp³-hybridized carbons (Fsp3) is 0.333. The van der Waals surface area contributed by atoms with Gasteiger partial charge in [-0.3, -0.25) is 9.59 Å². The normalized spacial score (nSPS) is 12.7. The van der Waals surface area contributed by atoms with Crippen LogP contribution in [0, 0.1) is 5.82 Å². The van der Waals surface area contributed by atoms with Gasteiger partial charge in [0.15, 0.2) is 0 Å². The van der Waals surface area contributed by atoms with Crippen molar-refractivity contribution in [2.45, 2.75) is 18.6 Å². The molecule has 0 saturated heterocycles. The first-order valence-electron chi connectivity index (χ1n) is 5.44. The third-order valence-electron chi connectivity index (χ3n) is 2.44. The Balaban J connectivity index is 3.00. The number of rotatable bonds is 4. The SMILES string of the molecule is COC(=O)C[C@@H](NC(=O)C(F)(F)F)c1ccccc1F. The van der Waals surface area contributed by atoms with Crippen LogP contribution in [0.3, 0.4) is 0 Å². The number of carbonyl (C=O) groups excluding carboxylic acids is 2. The molecule has 1 N–H and O–H groups in total. The lowest BCUT2D eigenvalue weighted by molar-refractivity contribution is -0.174. The molecule has 20 heavy (non-hydrogen) atoms. The van der Waals surface area contributed by atoms with Gasteiger partial charge in [0, 0.05) is 5.56 Å². The van der Waals surface area contributed by atoms with Gasteiger partial charge in [0.2, 0.25) is 0 Å². The Morgan fingerprint density at radius 1 is 1.30 bits per heavy atom. The Morgan fingerprint density at radius 3 is 2.40 bits per heavy atom. The van der Waals surface area contributed by atoms with Crippen molar-refractivity contribution in [1.82, 2.24) is 5.32 Å². The third kappa shape index (κ3) is 4.22. The van der Waals surface area contributed by atoms with Crippen molar-refractivity contribution in [2.75, 3.05) is 7.11 Å². The van der Waals surface area contributed by atoms with Gasteiger partial charge in [-0.05, 0) is 6.07 Å². The van der Waals surface area contributed by atoms with Gasteiger partial charge in [0.1, 0.15) is 5.82 Å². The molecule has 1 rings (SSSR count). The highest BCUT2D eigenvalue weighted by molar-refractivity contribution is 5.83. The van der Waals surface area contributed by atoms with Crippen LogP contribution < -0.4 is 5.32 Å². The molecule has 8 heteroatoms. The first kappa shape index (κ1) is 15.9.